The second-order valence-electron chi connectivity index (χ2n) is 5.30. The van der Waals surface area contributed by atoms with Gasteiger partial charge in [-0.15, -0.1) is 10.2 Å². The van der Waals surface area contributed by atoms with E-state index >= 15 is 0 Å². The summed E-state index contributed by atoms with van der Waals surface area (Å²) in [5.74, 6) is 1.61. The van der Waals surface area contributed by atoms with Gasteiger partial charge in [0.05, 0.1) is 12.8 Å². The molecule has 0 saturated carbocycles. The van der Waals surface area contributed by atoms with Gasteiger partial charge in [-0.2, -0.15) is 0 Å². The molecule has 0 fully saturated rings. The third kappa shape index (κ3) is 7.85. The van der Waals surface area contributed by atoms with Crippen LogP contribution in [0, 0.1) is 0 Å². The van der Waals surface area contributed by atoms with E-state index < -0.39 is 0 Å². The fourth-order valence-electron chi connectivity index (χ4n) is 2.04. The minimum Gasteiger partial charge on any atom is -0.494 e. The molecule has 1 N–H and O–H groups in total. The van der Waals surface area contributed by atoms with Crippen molar-refractivity contribution in [3.05, 3.63) is 47.1 Å². The molecule has 0 bridgehead atoms. The lowest BCUT2D eigenvalue weighted by molar-refractivity contribution is 0.160. The van der Waals surface area contributed by atoms with E-state index in [0.29, 0.717) is 18.4 Å². The first kappa shape index (κ1) is 19.0. The SMILES string of the molecule is CCO/N=C/c1ccc(OCCCCCNc2ccc(Cl)nn2)cc1. The Morgan fingerprint density at radius 3 is 2.64 bits per heavy atom. The number of nitrogens with one attached hydrogen (secondary N) is 1. The second-order valence-corrected chi connectivity index (χ2v) is 5.69. The third-order valence-electron chi connectivity index (χ3n) is 3.31. The van der Waals surface area contributed by atoms with Gasteiger partial charge in [-0.25, -0.2) is 0 Å². The number of aromatic nitrogens is 2. The summed E-state index contributed by atoms with van der Waals surface area (Å²) in [7, 11) is 0. The lowest BCUT2D eigenvalue weighted by atomic mass is 10.2. The molecule has 7 heteroatoms. The van der Waals surface area contributed by atoms with E-state index in [0.717, 1.165) is 42.9 Å². The van der Waals surface area contributed by atoms with E-state index in [-0.39, 0.29) is 0 Å². The fraction of sp³-hybridized carbons (Fsp3) is 0.389. The van der Waals surface area contributed by atoms with E-state index in [2.05, 4.69) is 20.7 Å². The zero-order valence-electron chi connectivity index (χ0n) is 14.3. The Morgan fingerprint density at radius 1 is 1.08 bits per heavy atom. The smallest absolute Gasteiger partial charge is 0.151 e. The number of benzene rings is 1. The van der Waals surface area contributed by atoms with Crippen LogP contribution >= 0.6 is 11.6 Å². The molecule has 0 aliphatic rings. The number of hydrogen-bond acceptors (Lipinski definition) is 6. The van der Waals surface area contributed by atoms with Gasteiger partial charge in [0.15, 0.2) is 5.15 Å². The summed E-state index contributed by atoms with van der Waals surface area (Å²) in [4.78, 5) is 4.93. The summed E-state index contributed by atoms with van der Waals surface area (Å²) in [5, 5.41) is 15.2. The molecule has 1 aromatic carbocycles. The molecule has 25 heavy (non-hydrogen) atoms. The zero-order chi connectivity index (χ0) is 17.7. The molecule has 0 spiro atoms. The largest absolute Gasteiger partial charge is 0.494 e. The summed E-state index contributed by atoms with van der Waals surface area (Å²) >= 11 is 5.69. The summed E-state index contributed by atoms with van der Waals surface area (Å²) in [5.41, 5.74) is 0.983. The monoisotopic (exact) mass is 362 g/mol. The molecule has 134 valence electrons. The number of rotatable bonds is 11. The van der Waals surface area contributed by atoms with Crippen molar-refractivity contribution in [3.63, 3.8) is 0 Å². The summed E-state index contributed by atoms with van der Waals surface area (Å²) < 4.78 is 5.73. The lowest BCUT2D eigenvalue weighted by Gasteiger charge is -2.07. The van der Waals surface area contributed by atoms with Crippen LogP contribution in [0.25, 0.3) is 0 Å². The quantitative estimate of drug-likeness (QED) is 0.369. The molecule has 0 radical (unpaired) electrons. The van der Waals surface area contributed by atoms with Crippen molar-refractivity contribution in [3.8, 4) is 5.75 Å². The average Bonchev–Trinajstić information content (AvgIpc) is 2.64. The van der Waals surface area contributed by atoms with Crippen LogP contribution in [-0.2, 0) is 4.84 Å². The number of ether oxygens (including phenoxy) is 1. The number of nitrogens with zero attached hydrogens (tertiary/aromatic N) is 3. The number of oxime groups is 1. The third-order valence-corrected chi connectivity index (χ3v) is 3.52. The molecule has 0 aliphatic carbocycles. The van der Waals surface area contributed by atoms with Crippen molar-refractivity contribution < 1.29 is 9.57 Å². The van der Waals surface area contributed by atoms with Gasteiger partial charge < -0.3 is 14.9 Å². The minimum atomic E-state index is 0.400. The molecule has 0 unspecified atom stereocenters. The predicted octanol–water partition coefficient (Wildman–Crippen LogP) is 4.16. The summed E-state index contributed by atoms with van der Waals surface area (Å²) in [6, 6.07) is 11.3. The molecule has 0 amide bonds. The van der Waals surface area contributed by atoms with Crippen LogP contribution in [0.1, 0.15) is 31.7 Å². The summed E-state index contributed by atoms with van der Waals surface area (Å²) in [6.45, 7) is 4.02. The van der Waals surface area contributed by atoms with Crippen LogP contribution in [-0.4, -0.2) is 36.2 Å². The van der Waals surface area contributed by atoms with Gasteiger partial charge in [0, 0.05) is 6.54 Å². The van der Waals surface area contributed by atoms with E-state index in [9.17, 15) is 0 Å². The number of hydrogen-bond donors (Lipinski definition) is 1. The van der Waals surface area contributed by atoms with E-state index in [1.807, 2.05) is 37.3 Å². The fourth-order valence-corrected chi connectivity index (χ4v) is 2.14. The van der Waals surface area contributed by atoms with Crippen LogP contribution in [0.15, 0.2) is 41.6 Å². The molecule has 0 atom stereocenters. The van der Waals surface area contributed by atoms with Crippen molar-refractivity contribution in [1.29, 1.82) is 0 Å². The highest BCUT2D eigenvalue weighted by Crippen LogP contribution is 2.12. The zero-order valence-corrected chi connectivity index (χ0v) is 15.1. The van der Waals surface area contributed by atoms with Gasteiger partial charge in [0.2, 0.25) is 0 Å². The highest BCUT2D eigenvalue weighted by molar-refractivity contribution is 6.29. The molecular formula is C18H23ClN4O2. The first-order valence-electron chi connectivity index (χ1n) is 8.39. The van der Waals surface area contributed by atoms with Gasteiger partial charge in [0.25, 0.3) is 0 Å². The molecule has 0 saturated heterocycles. The van der Waals surface area contributed by atoms with E-state index in [1.165, 1.54) is 0 Å². The standard InChI is InChI=1S/C18H23ClN4O2/c1-2-25-21-14-15-6-8-16(9-7-15)24-13-5-3-4-12-20-18-11-10-17(19)22-23-18/h6-11,14H,2-5,12-13H2,1H3,(H,20,23)/b21-14+. The van der Waals surface area contributed by atoms with Gasteiger partial charge in [0.1, 0.15) is 18.2 Å². The second kappa shape index (κ2) is 11.3. The Hall–Kier alpha value is -2.34. The molecule has 1 heterocycles. The maximum absolute atomic E-state index is 5.73. The highest BCUT2D eigenvalue weighted by Gasteiger charge is 1.97. The van der Waals surface area contributed by atoms with Gasteiger partial charge >= 0.3 is 0 Å². The Morgan fingerprint density at radius 2 is 1.92 bits per heavy atom. The summed E-state index contributed by atoms with van der Waals surface area (Å²) in [6.07, 6.45) is 4.81. The normalized spacial score (nSPS) is 10.8. The predicted molar refractivity (Wildman–Crippen MR) is 101 cm³/mol. The van der Waals surface area contributed by atoms with Crippen molar-refractivity contribution in [1.82, 2.24) is 10.2 Å². The average molecular weight is 363 g/mol. The Balaban J connectivity index is 1.54. The van der Waals surface area contributed by atoms with Crippen LogP contribution < -0.4 is 10.1 Å². The first-order chi connectivity index (χ1) is 12.3. The molecule has 1 aromatic heterocycles. The minimum absolute atomic E-state index is 0.400. The number of halogens is 1. The van der Waals surface area contributed by atoms with Crippen molar-refractivity contribution >= 4 is 23.6 Å². The number of unbranched alkanes of at least 4 members (excludes halogenated alkanes) is 2. The highest BCUT2D eigenvalue weighted by atomic mass is 35.5. The Bertz CT molecular complexity index is 633. The molecule has 6 nitrogen and oxygen atoms in total. The molecule has 2 aromatic rings. The lowest BCUT2D eigenvalue weighted by Crippen LogP contribution is -2.05. The van der Waals surface area contributed by atoms with Gasteiger partial charge in [-0.3, -0.25) is 0 Å². The van der Waals surface area contributed by atoms with Gasteiger partial charge in [-0.05, 0) is 68.1 Å². The van der Waals surface area contributed by atoms with Crippen LogP contribution in [0.3, 0.4) is 0 Å². The van der Waals surface area contributed by atoms with Crippen LogP contribution in [0.4, 0.5) is 5.82 Å². The maximum atomic E-state index is 5.73. The molecule has 2 rings (SSSR count). The first-order valence-corrected chi connectivity index (χ1v) is 8.77. The van der Waals surface area contributed by atoms with E-state index in [4.69, 9.17) is 21.2 Å². The van der Waals surface area contributed by atoms with Crippen LogP contribution in [0.2, 0.25) is 5.15 Å². The van der Waals surface area contributed by atoms with Crippen molar-refractivity contribution in [2.45, 2.75) is 26.2 Å². The molecule has 0 aliphatic heterocycles. The van der Waals surface area contributed by atoms with Crippen molar-refractivity contribution in [2.75, 3.05) is 25.1 Å². The van der Waals surface area contributed by atoms with Gasteiger partial charge in [-0.1, -0.05) is 16.8 Å². The Labute approximate surface area is 153 Å². The Kier molecular flexibility index (Phi) is 8.55. The maximum Gasteiger partial charge on any atom is 0.151 e. The molecular weight excluding hydrogens is 340 g/mol. The van der Waals surface area contributed by atoms with Crippen LogP contribution in [0.5, 0.6) is 5.75 Å². The van der Waals surface area contributed by atoms with Crippen molar-refractivity contribution in [2.24, 2.45) is 5.16 Å². The topological polar surface area (TPSA) is 68.6 Å². The number of anilines is 1. The van der Waals surface area contributed by atoms with E-state index in [1.54, 1.807) is 12.3 Å².